The van der Waals surface area contributed by atoms with Gasteiger partial charge in [0.25, 0.3) is 0 Å². The summed E-state index contributed by atoms with van der Waals surface area (Å²) in [6.07, 6.45) is -10.8. The second-order valence-electron chi connectivity index (χ2n) is 4.62. The number of hydrogen-bond donors (Lipinski definition) is 0. The van der Waals surface area contributed by atoms with E-state index < -0.39 is 30.1 Å². The fourth-order valence-corrected chi connectivity index (χ4v) is 2.01. The lowest BCUT2D eigenvalue weighted by atomic mass is 9.72. The smallest absolute Gasteiger partial charge is 0.261 e. The Morgan fingerprint density at radius 1 is 1.00 bits per heavy atom. The monoisotopic (exact) mass is 285 g/mol. The molecule has 0 aromatic carbocycles. The van der Waals surface area contributed by atoms with Gasteiger partial charge in [-0.1, -0.05) is 19.9 Å². The average molecular weight is 285 g/mol. The van der Waals surface area contributed by atoms with E-state index in [1.54, 1.807) is 0 Å². The topological polar surface area (TPSA) is 12.9 Å². The van der Waals surface area contributed by atoms with Crippen LogP contribution >= 0.6 is 0 Å². The molecule has 1 aromatic rings. The van der Waals surface area contributed by atoms with Crippen molar-refractivity contribution in [2.45, 2.75) is 32.6 Å². The summed E-state index contributed by atoms with van der Waals surface area (Å²) in [5, 5.41) is 0. The van der Waals surface area contributed by atoms with Crippen molar-refractivity contribution in [1.82, 2.24) is 4.98 Å². The van der Waals surface area contributed by atoms with Gasteiger partial charge in [-0.15, -0.1) is 0 Å². The normalized spacial score (nSPS) is 13.9. The molecular weight excluding hydrogens is 272 g/mol. The van der Waals surface area contributed by atoms with Gasteiger partial charge in [0.2, 0.25) is 0 Å². The minimum atomic E-state index is -5.39. The molecule has 7 heteroatoms. The van der Waals surface area contributed by atoms with Crippen molar-refractivity contribution >= 4 is 0 Å². The van der Waals surface area contributed by atoms with Crippen molar-refractivity contribution in [2.24, 2.45) is 11.3 Å². The number of pyridine rings is 1. The third-order valence-electron chi connectivity index (χ3n) is 3.18. The Bertz CT molecular complexity index is 392. The molecule has 0 unspecified atom stereocenters. The molecule has 108 valence electrons. The van der Waals surface area contributed by atoms with Crippen molar-refractivity contribution in [3.8, 4) is 0 Å². The predicted octanol–water partition coefficient (Wildman–Crippen LogP) is 4.39. The predicted molar refractivity (Wildman–Crippen MR) is 57.3 cm³/mol. The van der Waals surface area contributed by atoms with Gasteiger partial charge in [0, 0.05) is 18.3 Å². The van der Waals surface area contributed by atoms with Gasteiger partial charge in [0.05, 0.1) is 0 Å². The molecule has 0 aliphatic carbocycles. The number of hydrogen-bond acceptors (Lipinski definition) is 1. The summed E-state index contributed by atoms with van der Waals surface area (Å²) in [6, 6.07) is 3.95. The van der Waals surface area contributed by atoms with Crippen LogP contribution in [0.15, 0.2) is 24.4 Å². The van der Waals surface area contributed by atoms with Gasteiger partial charge in [-0.05, 0) is 18.1 Å². The van der Waals surface area contributed by atoms with Crippen LogP contribution in [0, 0.1) is 11.3 Å². The minimum absolute atomic E-state index is 0.231. The highest BCUT2D eigenvalue weighted by Gasteiger charge is 2.71. The molecule has 0 aliphatic heterocycles. The Labute approximate surface area is 106 Å². The Kier molecular flexibility index (Phi) is 4.17. The zero-order valence-electron chi connectivity index (χ0n) is 10.3. The number of aromatic nitrogens is 1. The summed E-state index contributed by atoms with van der Waals surface area (Å²) in [5.74, 6) is -1.64. The molecule has 0 atom stereocenters. The fraction of sp³-hybridized carbons (Fsp3) is 0.583. The van der Waals surface area contributed by atoms with E-state index in [1.807, 2.05) is 0 Å². The molecule has 0 fully saturated rings. The molecule has 1 aromatic heterocycles. The number of halogens is 6. The first kappa shape index (κ1) is 15.8. The average Bonchev–Trinajstić information content (AvgIpc) is 2.23. The van der Waals surface area contributed by atoms with Crippen LogP contribution in [-0.2, 0) is 6.42 Å². The summed E-state index contributed by atoms with van der Waals surface area (Å²) in [7, 11) is 0. The fourth-order valence-electron chi connectivity index (χ4n) is 2.01. The van der Waals surface area contributed by atoms with Gasteiger partial charge in [-0.2, -0.15) is 26.3 Å². The molecule has 0 N–H and O–H groups in total. The van der Waals surface area contributed by atoms with E-state index in [1.165, 1.54) is 18.3 Å². The lowest BCUT2D eigenvalue weighted by Crippen LogP contribution is -2.55. The zero-order valence-corrected chi connectivity index (χ0v) is 10.3. The highest BCUT2D eigenvalue weighted by Crippen LogP contribution is 2.56. The molecule has 0 aliphatic rings. The Morgan fingerprint density at radius 2 is 1.53 bits per heavy atom. The highest BCUT2D eigenvalue weighted by atomic mass is 19.4. The Morgan fingerprint density at radius 3 is 1.84 bits per heavy atom. The van der Waals surface area contributed by atoms with Gasteiger partial charge in [-0.25, -0.2) is 0 Å². The minimum Gasteiger partial charge on any atom is -0.261 e. The van der Waals surface area contributed by atoms with Gasteiger partial charge in [0.15, 0.2) is 5.41 Å². The summed E-state index contributed by atoms with van der Waals surface area (Å²) >= 11 is 0. The van der Waals surface area contributed by atoms with Crippen molar-refractivity contribution in [3.63, 3.8) is 0 Å². The lowest BCUT2D eigenvalue weighted by molar-refractivity contribution is -0.355. The number of alkyl halides is 6. The Balaban J connectivity index is 3.34. The van der Waals surface area contributed by atoms with Gasteiger partial charge in [0.1, 0.15) is 0 Å². The van der Waals surface area contributed by atoms with E-state index >= 15 is 0 Å². The van der Waals surface area contributed by atoms with Crippen LogP contribution in [0.5, 0.6) is 0 Å². The van der Waals surface area contributed by atoms with Crippen LogP contribution in [0.4, 0.5) is 26.3 Å². The van der Waals surface area contributed by atoms with E-state index in [-0.39, 0.29) is 5.69 Å². The molecule has 1 nitrogen and oxygen atoms in total. The van der Waals surface area contributed by atoms with E-state index in [9.17, 15) is 26.3 Å². The molecule has 0 radical (unpaired) electrons. The molecule has 0 spiro atoms. The molecule has 1 rings (SSSR count). The largest absolute Gasteiger partial charge is 0.403 e. The second-order valence-corrected chi connectivity index (χ2v) is 4.62. The van der Waals surface area contributed by atoms with E-state index in [4.69, 9.17) is 0 Å². The van der Waals surface area contributed by atoms with Crippen LogP contribution in [0.2, 0.25) is 0 Å². The standard InChI is InChI=1S/C12H13F6N/c1-8(2)10(11(13,14)15,12(16,17)18)7-9-5-3-4-6-19-9/h3-6,8H,7H2,1-2H3. The summed E-state index contributed by atoms with van der Waals surface area (Å²) < 4.78 is 78.4. The Hall–Kier alpha value is -1.27. The van der Waals surface area contributed by atoms with Crippen LogP contribution in [0.25, 0.3) is 0 Å². The summed E-state index contributed by atoms with van der Waals surface area (Å²) in [5.41, 5.74) is -4.01. The van der Waals surface area contributed by atoms with Crippen molar-refractivity contribution < 1.29 is 26.3 Å². The van der Waals surface area contributed by atoms with Crippen molar-refractivity contribution in [1.29, 1.82) is 0 Å². The van der Waals surface area contributed by atoms with E-state index in [0.717, 1.165) is 19.9 Å². The van der Waals surface area contributed by atoms with E-state index in [0.29, 0.717) is 0 Å². The van der Waals surface area contributed by atoms with Crippen LogP contribution in [-0.4, -0.2) is 17.3 Å². The van der Waals surface area contributed by atoms with Crippen molar-refractivity contribution in [3.05, 3.63) is 30.1 Å². The highest BCUT2D eigenvalue weighted by molar-refractivity contribution is 5.10. The first-order chi connectivity index (χ1) is 8.52. The lowest BCUT2D eigenvalue weighted by Gasteiger charge is -2.40. The zero-order chi connectivity index (χ0) is 14.9. The summed E-state index contributed by atoms with van der Waals surface area (Å²) in [6.45, 7) is 1.84. The molecule has 19 heavy (non-hydrogen) atoms. The quantitative estimate of drug-likeness (QED) is 0.750. The summed E-state index contributed by atoms with van der Waals surface area (Å²) in [4.78, 5) is 3.57. The maximum absolute atomic E-state index is 13.1. The van der Waals surface area contributed by atoms with Gasteiger partial charge >= 0.3 is 12.4 Å². The number of nitrogens with zero attached hydrogens (tertiary/aromatic N) is 1. The first-order valence-corrected chi connectivity index (χ1v) is 5.55. The third-order valence-corrected chi connectivity index (χ3v) is 3.18. The van der Waals surface area contributed by atoms with Gasteiger partial charge < -0.3 is 0 Å². The van der Waals surface area contributed by atoms with Crippen LogP contribution in [0.3, 0.4) is 0 Å². The first-order valence-electron chi connectivity index (χ1n) is 5.55. The molecule has 1 heterocycles. The SMILES string of the molecule is CC(C)C(Cc1ccccn1)(C(F)(F)F)C(F)(F)F. The van der Waals surface area contributed by atoms with Gasteiger partial charge in [-0.3, -0.25) is 4.98 Å². The maximum Gasteiger partial charge on any atom is 0.403 e. The molecule has 0 bridgehead atoms. The van der Waals surface area contributed by atoms with Crippen LogP contribution in [0.1, 0.15) is 19.5 Å². The third kappa shape index (κ3) is 2.84. The molecule has 0 amide bonds. The van der Waals surface area contributed by atoms with E-state index in [2.05, 4.69) is 4.98 Å². The molecule has 0 saturated heterocycles. The van der Waals surface area contributed by atoms with Crippen LogP contribution < -0.4 is 0 Å². The number of rotatable bonds is 3. The molecular formula is C12H13F6N. The molecule has 0 saturated carbocycles. The maximum atomic E-state index is 13.1. The van der Waals surface area contributed by atoms with Crippen molar-refractivity contribution in [2.75, 3.05) is 0 Å². The second kappa shape index (κ2) is 5.02.